The summed E-state index contributed by atoms with van der Waals surface area (Å²) in [5.41, 5.74) is 7.13. The van der Waals surface area contributed by atoms with E-state index in [2.05, 4.69) is 11.1 Å². The first-order chi connectivity index (χ1) is 13.9. The molecule has 2 saturated heterocycles. The molecule has 4 rings (SSSR count). The van der Waals surface area contributed by atoms with E-state index in [1.807, 2.05) is 31.2 Å². The molecule has 1 amide bonds. The van der Waals surface area contributed by atoms with Crippen LogP contribution in [0, 0.1) is 23.7 Å². The molecule has 0 spiro atoms. The van der Waals surface area contributed by atoms with Crippen LogP contribution in [0.2, 0.25) is 0 Å². The van der Waals surface area contributed by atoms with Crippen LogP contribution in [0.15, 0.2) is 30.5 Å². The van der Waals surface area contributed by atoms with Gasteiger partial charge in [0.25, 0.3) is 0 Å². The number of hydrogen-bond donors (Lipinski definition) is 1. The Morgan fingerprint density at radius 2 is 2.31 bits per heavy atom. The third-order valence-corrected chi connectivity index (χ3v) is 6.76. The van der Waals surface area contributed by atoms with Gasteiger partial charge in [0.1, 0.15) is 6.10 Å². The summed E-state index contributed by atoms with van der Waals surface area (Å²) in [5, 5.41) is 0. The molecule has 0 bridgehead atoms. The van der Waals surface area contributed by atoms with Gasteiger partial charge < -0.3 is 20.1 Å². The number of nitrogens with two attached hydrogens (primary N) is 1. The first-order valence-electron chi connectivity index (χ1n) is 10.4. The molecule has 2 N–H and O–H groups in total. The molecule has 6 atom stereocenters. The summed E-state index contributed by atoms with van der Waals surface area (Å²) in [4.78, 5) is 30.9. The summed E-state index contributed by atoms with van der Waals surface area (Å²) < 4.78 is 10.8. The van der Waals surface area contributed by atoms with Crippen molar-refractivity contribution in [2.24, 2.45) is 29.4 Å². The van der Waals surface area contributed by atoms with Crippen LogP contribution in [-0.4, -0.2) is 53.3 Å². The van der Waals surface area contributed by atoms with Gasteiger partial charge in [-0.25, -0.2) is 4.79 Å². The average molecular weight is 399 g/mol. The monoisotopic (exact) mass is 399 g/mol. The second kappa shape index (κ2) is 7.78. The minimum atomic E-state index is -0.644. The third-order valence-electron chi connectivity index (χ3n) is 6.76. The fourth-order valence-electron chi connectivity index (χ4n) is 5.55. The second-order valence-electron chi connectivity index (χ2n) is 8.47. The lowest BCUT2D eigenvalue weighted by molar-refractivity contribution is -0.144. The first-order valence-corrected chi connectivity index (χ1v) is 10.4. The maximum Gasteiger partial charge on any atom is 0.409 e. The number of aromatic nitrogens is 1. The zero-order chi connectivity index (χ0) is 20.6. The molecule has 0 unspecified atom stereocenters. The molecule has 1 aromatic heterocycles. The molecule has 1 saturated carbocycles. The largest absolute Gasteiger partial charge is 0.462 e. The van der Waals surface area contributed by atoms with Gasteiger partial charge in [0.2, 0.25) is 0 Å². The number of amides is 1. The number of piperidine rings is 1. The van der Waals surface area contributed by atoms with E-state index in [0.717, 1.165) is 12.1 Å². The number of carbonyl (C=O) groups excluding carboxylic acids is 2. The number of cyclic esters (lactones) is 1. The number of nitrogens with zero attached hydrogens (tertiary/aromatic N) is 2. The number of allylic oxidation sites excluding steroid dienone is 1. The molecule has 29 heavy (non-hydrogen) atoms. The Hall–Kier alpha value is -2.41. The number of fused-ring (bicyclic) bond motifs is 2. The quantitative estimate of drug-likeness (QED) is 0.785. The third kappa shape index (κ3) is 3.64. The van der Waals surface area contributed by atoms with Gasteiger partial charge in [0, 0.05) is 30.7 Å². The minimum Gasteiger partial charge on any atom is -0.462 e. The van der Waals surface area contributed by atoms with E-state index in [9.17, 15) is 9.59 Å². The number of hydrogen-bond acceptors (Lipinski definition) is 6. The van der Waals surface area contributed by atoms with Crippen LogP contribution in [0.25, 0.3) is 6.08 Å². The van der Waals surface area contributed by atoms with Gasteiger partial charge in [-0.15, -0.1) is 0 Å². The van der Waals surface area contributed by atoms with Crippen LogP contribution >= 0.6 is 0 Å². The number of carbonyl (C=O) groups is 2. The van der Waals surface area contributed by atoms with Crippen LogP contribution in [-0.2, 0) is 14.3 Å². The van der Waals surface area contributed by atoms with Gasteiger partial charge in [0.15, 0.2) is 0 Å². The van der Waals surface area contributed by atoms with E-state index in [0.29, 0.717) is 26.1 Å². The van der Waals surface area contributed by atoms with Crippen molar-refractivity contribution in [2.45, 2.75) is 38.3 Å². The number of pyridine rings is 1. The van der Waals surface area contributed by atoms with Crippen molar-refractivity contribution in [1.29, 1.82) is 0 Å². The Morgan fingerprint density at radius 1 is 1.48 bits per heavy atom. The molecule has 7 heteroatoms. The molecular formula is C22H29N3O4. The highest BCUT2D eigenvalue weighted by Crippen LogP contribution is 2.52. The number of esters is 1. The fraction of sp³-hybridized carbons (Fsp3) is 0.591. The van der Waals surface area contributed by atoms with Gasteiger partial charge in [-0.05, 0) is 56.7 Å². The molecule has 1 aromatic rings. The highest BCUT2D eigenvalue weighted by Gasteiger charge is 2.59. The van der Waals surface area contributed by atoms with E-state index in [-0.39, 0.29) is 41.8 Å². The van der Waals surface area contributed by atoms with Crippen molar-refractivity contribution in [3.8, 4) is 0 Å². The lowest BCUT2D eigenvalue weighted by Gasteiger charge is -2.54. The second-order valence-corrected chi connectivity index (χ2v) is 8.47. The van der Waals surface area contributed by atoms with E-state index >= 15 is 0 Å². The van der Waals surface area contributed by atoms with E-state index < -0.39 is 5.54 Å². The predicted octanol–water partition coefficient (Wildman–Crippen LogP) is 2.47. The highest BCUT2D eigenvalue weighted by molar-refractivity contribution is 5.76. The Labute approximate surface area is 171 Å². The Bertz CT molecular complexity index is 799. The van der Waals surface area contributed by atoms with Crippen LogP contribution in [0.4, 0.5) is 4.79 Å². The predicted molar refractivity (Wildman–Crippen MR) is 108 cm³/mol. The Kier molecular flexibility index (Phi) is 5.34. The van der Waals surface area contributed by atoms with Crippen molar-refractivity contribution in [3.05, 3.63) is 36.2 Å². The Morgan fingerprint density at radius 3 is 3.03 bits per heavy atom. The molecule has 0 radical (unpaired) electrons. The van der Waals surface area contributed by atoms with Gasteiger partial charge in [-0.1, -0.05) is 12.1 Å². The van der Waals surface area contributed by atoms with Crippen molar-refractivity contribution in [1.82, 2.24) is 9.88 Å². The lowest BCUT2D eigenvalue weighted by atomic mass is 9.56. The zero-order valence-corrected chi connectivity index (χ0v) is 17.0. The molecule has 1 aliphatic carbocycles. The van der Waals surface area contributed by atoms with Crippen molar-refractivity contribution < 1.29 is 19.1 Å². The fourth-order valence-corrected chi connectivity index (χ4v) is 5.55. The lowest BCUT2D eigenvalue weighted by Crippen LogP contribution is -2.66. The normalized spacial score (nSPS) is 36.4. The zero-order valence-electron chi connectivity index (χ0n) is 17.0. The molecule has 2 aliphatic heterocycles. The summed E-state index contributed by atoms with van der Waals surface area (Å²) in [6.45, 7) is 5.11. The topological polar surface area (TPSA) is 94.7 Å². The number of likely N-dealkylation sites (tertiary alicyclic amines) is 1. The SMILES string of the molecule is CCOC(=O)N1CC[C@H]2[C@H](/C=C/c3ccccn3)[C@@H]3[C@@H](C)OC(=O)[C@@H]3C[C@]2(N)C1. The van der Waals surface area contributed by atoms with Crippen LogP contribution < -0.4 is 5.73 Å². The first kappa shape index (κ1) is 19.9. The van der Waals surface area contributed by atoms with Gasteiger partial charge in [0.05, 0.1) is 18.2 Å². The standard InChI is InChI=1S/C22H29N3O4/c1-3-28-21(27)25-11-9-18-16(8-7-15-6-4-5-10-24-15)19-14(2)29-20(26)17(19)12-22(18,23)13-25/h4-8,10,14,16-19H,3,9,11-13,23H2,1-2H3/b8-7+/t14-,16+,17-,18+,19+,22+/m1/s1. The summed E-state index contributed by atoms with van der Waals surface area (Å²) >= 11 is 0. The van der Waals surface area contributed by atoms with Crippen molar-refractivity contribution in [3.63, 3.8) is 0 Å². The van der Waals surface area contributed by atoms with Gasteiger partial charge in [-0.3, -0.25) is 9.78 Å². The van der Waals surface area contributed by atoms with Crippen LogP contribution in [0.1, 0.15) is 32.4 Å². The maximum atomic E-state index is 12.6. The van der Waals surface area contributed by atoms with Gasteiger partial charge >= 0.3 is 12.1 Å². The molecular weight excluding hydrogens is 370 g/mol. The van der Waals surface area contributed by atoms with E-state index in [1.54, 1.807) is 18.0 Å². The summed E-state index contributed by atoms with van der Waals surface area (Å²) in [7, 11) is 0. The highest BCUT2D eigenvalue weighted by atomic mass is 16.6. The number of ether oxygens (including phenoxy) is 2. The molecule has 0 aromatic carbocycles. The molecule has 3 aliphatic rings. The molecule has 156 valence electrons. The maximum absolute atomic E-state index is 12.6. The van der Waals surface area contributed by atoms with Crippen LogP contribution in [0.5, 0.6) is 0 Å². The van der Waals surface area contributed by atoms with Crippen molar-refractivity contribution in [2.75, 3.05) is 19.7 Å². The van der Waals surface area contributed by atoms with Crippen molar-refractivity contribution >= 4 is 18.1 Å². The Balaban J connectivity index is 1.64. The van der Waals surface area contributed by atoms with Gasteiger partial charge in [-0.2, -0.15) is 0 Å². The van der Waals surface area contributed by atoms with E-state index in [1.165, 1.54) is 0 Å². The molecule has 3 heterocycles. The van der Waals surface area contributed by atoms with Crippen LogP contribution in [0.3, 0.4) is 0 Å². The molecule has 7 nitrogen and oxygen atoms in total. The average Bonchev–Trinajstić information content (AvgIpc) is 2.98. The number of rotatable bonds is 3. The summed E-state index contributed by atoms with van der Waals surface area (Å²) in [6, 6.07) is 5.79. The summed E-state index contributed by atoms with van der Waals surface area (Å²) in [5.74, 6) is -0.0711. The minimum absolute atomic E-state index is 0.0894. The van der Waals surface area contributed by atoms with E-state index in [4.69, 9.17) is 15.2 Å². The summed E-state index contributed by atoms with van der Waals surface area (Å²) in [6.07, 6.45) is 6.77. The molecule has 3 fully saturated rings. The smallest absolute Gasteiger partial charge is 0.409 e.